The van der Waals surface area contributed by atoms with E-state index in [9.17, 15) is 0 Å². The van der Waals surface area contributed by atoms with E-state index in [4.69, 9.17) is 0 Å². The van der Waals surface area contributed by atoms with E-state index in [1.54, 1.807) is 12.4 Å². The molecule has 2 heterocycles. The molecule has 0 radical (unpaired) electrons. The van der Waals surface area contributed by atoms with E-state index in [2.05, 4.69) is 20.5 Å². The molecule has 0 aliphatic heterocycles. The summed E-state index contributed by atoms with van der Waals surface area (Å²) in [5.74, 6) is 0.862. The van der Waals surface area contributed by atoms with Crippen LogP contribution in [0, 0.1) is 6.92 Å². The monoisotopic (exact) mass is 200 g/mol. The molecule has 15 heavy (non-hydrogen) atoms. The molecular formula is C11H12N4. The van der Waals surface area contributed by atoms with Gasteiger partial charge in [0.2, 0.25) is 0 Å². The molecule has 2 rings (SSSR count). The van der Waals surface area contributed by atoms with Crippen molar-refractivity contribution in [3.63, 3.8) is 0 Å². The lowest BCUT2D eigenvalue weighted by molar-refractivity contribution is 0.920. The van der Waals surface area contributed by atoms with Gasteiger partial charge in [0.1, 0.15) is 5.82 Å². The van der Waals surface area contributed by atoms with Crippen LogP contribution in [0.3, 0.4) is 0 Å². The summed E-state index contributed by atoms with van der Waals surface area (Å²) in [7, 11) is 0. The second kappa shape index (κ2) is 4.50. The lowest BCUT2D eigenvalue weighted by Gasteiger charge is -2.04. The molecular weight excluding hydrogens is 188 g/mol. The zero-order valence-corrected chi connectivity index (χ0v) is 8.51. The first-order valence-electron chi connectivity index (χ1n) is 4.78. The average Bonchev–Trinajstić information content (AvgIpc) is 2.28. The van der Waals surface area contributed by atoms with Crippen LogP contribution in [0.4, 0.5) is 5.82 Å². The third kappa shape index (κ3) is 2.74. The maximum atomic E-state index is 4.20. The Morgan fingerprint density at radius 2 is 2.20 bits per heavy atom. The molecule has 2 aromatic heterocycles. The quantitative estimate of drug-likeness (QED) is 0.820. The SMILES string of the molecule is Cc1ccnc(NCc2cccnn2)c1. The fourth-order valence-electron chi connectivity index (χ4n) is 1.24. The van der Waals surface area contributed by atoms with Gasteiger partial charge in [0.25, 0.3) is 0 Å². The summed E-state index contributed by atoms with van der Waals surface area (Å²) in [6.45, 7) is 2.68. The molecule has 2 aromatic rings. The number of nitrogens with zero attached hydrogens (tertiary/aromatic N) is 3. The predicted octanol–water partition coefficient (Wildman–Crippen LogP) is 1.79. The highest BCUT2D eigenvalue weighted by Crippen LogP contribution is 2.06. The largest absolute Gasteiger partial charge is 0.364 e. The summed E-state index contributed by atoms with van der Waals surface area (Å²) in [6.07, 6.45) is 3.45. The van der Waals surface area contributed by atoms with Gasteiger partial charge in [0.05, 0.1) is 12.2 Å². The fourth-order valence-corrected chi connectivity index (χ4v) is 1.24. The van der Waals surface area contributed by atoms with Gasteiger partial charge >= 0.3 is 0 Å². The number of hydrogen-bond donors (Lipinski definition) is 1. The summed E-state index contributed by atoms with van der Waals surface area (Å²) in [5.41, 5.74) is 2.09. The van der Waals surface area contributed by atoms with Gasteiger partial charge in [0, 0.05) is 12.4 Å². The van der Waals surface area contributed by atoms with Gasteiger partial charge in [0.15, 0.2) is 0 Å². The van der Waals surface area contributed by atoms with Crippen molar-refractivity contribution in [2.75, 3.05) is 5.32 Å². The topological polar surface area (TPSA) is 50.7 Å². The Kier molecular flexibility index (Phi) is 2.88. The molecule has 0 bridgehead atoms. The van der Waals surface area contributed by atoms with Crippen LogP contribution in [0.25, 0.3) is 0 Å². The summed E-state index contributed by atoms with van der Waals surface area (Å²) in [4.78, 5) is 4.20. The molecule has 4 nitrogen and oxygen atoms in total. The summed E-state index contributed by atoms with van der Waals surface area (Å²) < 4.78 is 0. The van der Waals surface area contributed by atoms with Crippen LogP contribution < -0.4 is 5.32 Å². The minimum atomic E-state index is 0.643. The highest BCUT2D eigenvalue weighted by atomic mass is 15.1. The number of anilines is 1. The van der Waals surface area contributed by atoms with E-state index < -0.39 is 0 Å². The molecule has 0 atom stereocenters. The number of hydrogen-bond acceptors (Lipinski definition) is 4. The minimum Gasteiger partial charge on any atom is -0.364 e. The molecule has 0 spiro atoms. The van der Waals surface area contributed by atoms with Crippen molar-refractivity contribution in [2.24, 2.45) is 0 Å². The van der Waals surface area contributed by atoms with E-state index in [1.165, 1.54) is 5.56 Å². The molecule has 76 valence electrons. The number of pyridine rings is 1. The molecule has 0 aliphatic rings. The van der Waals surface area contributed by atoms with Crippen molar-refractivity contribution >= 4 is 5.82 Å². The normalized spacial score (nSPS) is 9.93. The van der Waals surface area contributed by atoms with Crippen LogP contribution in [0.15, 0.2) is 36.7 Å². The number of rotatable bonds is 3. The van der Waals surface area contributed by atoms with Gasteiger partial charge in [-0.1, -0.05) is 0 Å². The standard InChI is InChI=1S/C11H12N4/c1-9-4-6-12-11(7-9)13-8-10-3-2-5-14-15-10/h2-7H,8H2,1H3,(H,12,13). The predicted molar refractivity (Wildman–Crippen MR) is 58.3 cm³/mol. The van der Waals surface area contributed by atoms with Crippen molar-refractivity contribution in [1.82, 2.24) is 15.2 Å². The van der Waals surface area contributed by atoms with Crippen LogP contribution in [0.1, 0.15) is 11.3 Å². The summed E-state index contributed by atoms with van der Waals surface area (Å²) in [6, 6.07) is 7.76. The third-order valence-corrected chi connectivity index (χ3v) is 1.99. The highest BCUT2D eigenvalue weighted by molar-refractivity contribution is 5.37. The zero-order chi connectivity index (χ0) is 10.5. The lowest BCUT2D eigenvalue weighted by Crippen LogP contribution is -2.03. The van der Waals surface area contributed by atoms with Crippen LogP contribution in [-0.2, 0) is 6.54 Å². The second-order valence-electron chi connectivity index (χ2n) is 3.29. The van der Waals surface area contributed by atoms with Gasteiger partial charge < -0.3 is 5.32 Å². The van der Waals surface area contributed by atoms with Gasteiger partial charge in [-0.15, -0.1) is 0 Å². The van der Waals surface area contributed by atoms with Crippen molar-refractivity contribution in [3.8, 4) is 0 Å². The molecule has 0 saturated heterocycles. The smallest absolute Gasteiger partial charge is 0.126 e. The molecule has 0 saturated carbocycles. The van der Waals surface area contributed by atoms with E-state index in [1.807, 2.05) is 31.2 Å². The molecule has 0 aromatic carbocycles. The average molecular weight is 200 g/mol. The van der Waals surface area contributed by atoms with Crippen molar-refractivity contribution < 1.29 is 0 Å². The molecule has 0 aliphatic carbocycles. The number of aromatic nitrogens is 3. The van der Waals surface area contributed by atoms with Crippen LogP contribution >= 0.6 is 0 Å². The molecule has 0 unspecified atom stereocenters. The van der Waals surface area contributed by atoms with Crippen LogP contribution in [-0.4, -0.2) is 15.2 Å². The van der Waals surface area contributed by atoms with Gasteiger partial charge in [-0.3, -0.25) is 0 Å². The van der Waals surface area contributed by atoms with Crippen LogP contribution in [0.5, 0.6) is 0 Å². The maximum absolute atomic E-state index is 4.20. The van der Waals surface area contributed by atoms with E-state index in [-0.39, 0.29) is 0 Å². The minimum absolute atomic E-state index is 0.643. The Bertz CT molecular complexity index is 428. The Morgan fingerprint density at radius 3 is 2.93 bits per heavy atom. The second-order valence-corrected chi connectivity index (χ2v) is 3.29. The first kappa shape index (κ1) is 9.58. The first-order valence-corrected chi connectivity index (χ1v) is 4.78. The zero-order valence-electron chi connectivity index (χ0n) is 8.51. The first-order chi connectivity index (χ1) is 7.34. The Labute approximate surface area is 88.4 Å². The molecule has 0 amide bonds. The van der Waals surface area contributed by atoms with Gasteiger partial charge in [-0.2, -0.15) is 10.2 Å². The van der Waals surface area contributed by atoms with E-state index >= 15 is 0 Å². The molecule has 4 heteroatoms. The van der Waals surface area contributed by atoms with Crippen LogP contribution in [0.2, 0.25) is 0 Å². The van der Waals surface area contributed by atoms with Crippen molar-refractivity contribution in [1.29, 1.82) is 0 Å². The Hall–Kier alpha value is -1.97. The summed E-state index contributed by atoms with van der Waals surface area (Å²) >= 11 is 0. The van der Waals surface area contributed by atoms with Crippen molar-refractivity contribution in [3.05, 3.63) is 47.9 Å². The van der Waals surface area contributed by atoms with Gasteiger partial charge in [-0.05, 0) is 36.8 Å². The number of aryl methyl sites for hydroxylation is 1. The van der Waals surface area contributed by atoms with Crippen molar-refractivity contribution in [2.45, 2.75) is 13.5 Å². The third-order valence-electron chi connectivity index (χ3n) is 1.99. The molecule has 0 fully saturated rings. The van der Waals surface area contributed by atoms with E-state index in [0.29, 0.717) is 6.54 Å². The Balaban J connectivity index is 1.99. The Morgan fingerprint density at radius 1 is 1.27 bits per heavy atom. The lowest BCUT2D eigenvalue weighted by atomic mass is 10.3. The summed E-state index contributed by atoms with van der Waals surface area (Å²) in [5, 5.41) is 11.0. The maximum Gasteiger partial charge on any atom is 0.126 e. The highest BCUT2D eigenvalue weighted by Gasteiger charge is 1.95. The van der Waals surface area contributed by atoms with E-state index in [0.717, 1.165) is 11.5 Å². The molecule has 1 N–H and O–H groups in total. The van der Waals surface area contributed by atoms with Gasteiger partial charge in [-0.25, -0.2) is 4.98 Å². The number of nitrogens with one attached hydrogen (secondary N) is 1. The fraction of sp³-hybridized carbons (Fsp3) is 0.182.